The molecule has 0 bridgehead atoms. The van der Waals surface area contributed by atoms with Gasteiger partial charge in [0.05, 0.1) is 0 Å². The van der Waals surface area contributed by atoms with Crippen molar-refractivity contribution in [3.63, 3.8) is 0 Å². The molecule has 3 nitrogen and oxygen atoms in total. The molecule has 4 heteroatoms. The van der Waals surface area contributed by atoms with Gasteiger partial charge >= 0.3 is 0 Å². The van der Waals surface area contributed by atoms with Crippen LogP contribution in [0.5, 0.6) is 0 Å². The predicted molar refractivity (Wildman–Crippen MR) is 129 cm³/mol. The summed E-state index contributed by atoms with van der Waals surface area (Å²) >= 11 is 1.68. The van der Waals surface area contributed by atoms with Crippen molar-refractivity contribution in [2.24, 2.45) is 0 Å². The molecule has 30 heavy (non-hydrogen) atoms. The third kappa shape index (κ3) is 4.05. The summed E-state index contributed by atoms with van der Waals surface area (Å²) in [5.41, 5.74) is 5.45. The highest BCUT2D eigenvalue weighted by Crippen LogP contribution is 2.34. The van der Waals surface area contributed by atoms with Crippen molar-refractivity contribution in [3.8, 4) is 0 Å². The molecule has 152 valence electrons. The molecular weight excluding hydrogens is 386 g/mol. The Bertz CT molecular complexity index is 1130. The molecule has 1 aliphatic heterocycles. The van der Waals surface area contributed by atoms with Crippen LogP contribution < -0.4 is 5.32 Å². The van der Waals surface area contributed by atoms with E-state index in [1.54, 1.807) is 16.9 Å². The van der Waals surface area contributed by atoms with Crippen molar-refractivity contribution >= 4 is 38.6 Å². The minimum Gasteiger partial charge on any atom is -0.371 e. The maximum absolute atomic E-state index is 4.73. The van der Waals surface area contributed by atoms with E-state index in [1.165, 1.54) is 42.2 Å². The van der Waals surface area contributed by atoms with Crippen LogP contribution in [0.1, 0.15) is 38.2 Å². The maximum atomic E-state index is 4.73. The van der Waals surface area contributed by atoms with Crippen LogP contribution in [-0.2, 0) is 0 Å². The van der Waals surface area contributed by atoms with Gasteiger partial charge < -0.3 is 10.2 Å². The number of hydrogen-bond acceptors (Lipinski definition) is 4. The summed E-state index contributed by atoms with van der Waals surface area (Å²) in [5.74, 6) is 0.900. The highest BCUT2D eigenvalue weighted by Gasteiger charge is 2.22. The van der Waals surface area contributed by atoms with Gasteiger partial charge in [-0.05, 0) is 91.7 Å². The zero-order chi connectivity index (χ0) is 20.3. The fourth-order valence-corrected chi connectivity index (χ4v) is 5.27. The van der Waals surface area contributed by atoms with Crippen molar-refractivity contribution in [2.75, 3.05) is 11.9 Å². The molecule has 0 radical (unpaired) electrons. The van der Waals surface area contributed by atoms with E-state index in [2.05, 4.69) is 89.4 Å². The molecule has 2 aliphatic rings. The van der Waals surface area contributed by atoms with E-state index < -0.39 is 0 Å². The second-order valence-corrected chi connectivity index (χ2v) is 9.04. The molecular formula is C26H27N3S. The van der Waals surface area contributed by atoms with E-state index in [-0.39, 0.29) is 0 Å². The molecule has 3 heterocycles. The average molecular weight is 414 g/mol. The van der Waals surface area contributed by atoms with Crippen LogP contribution in [0.3, 0.4) is 0 Å². The zero-order valence-corrected chi connectivity index (χ0v) is 18.2. The Balaban J connectivity index is 1.29. The first-order valence-electron chi connectivity index (χ1n) is 10.8. The minimum atomic E-state index is 0.675. The van der Waals surface area contributed by atoms with Crippen molar-refractivity contribution in [2.45, 2.75) is 38.6 Å². The van der Waals surface area contributed by atoms with Crippen molar-refractivity contribution in [3.05, 3.63) is 83.4 Å². The van der Waals surface area contributed by atoms with Gasteiger partial charge in [-0.3, -0.25) is 0 Å². The van der Waals surface area contributed by atoms with E-state index in [1.807, 2.05) is 0 Å². The van der Waals surface area contributed by atoms with E-state index in [0.717, 1.165) is 22.9 Å². The van der Waals surface area contributed by atoms with Crippen LogP contribution in [0, 0.1) is 0 Å². The van der Waals surface area contributed by atoms with Gasteiger partial charge in [0, 0.05) is 23.7 Å². The highest BCUT2D eigenvalue weighted by molar-refractivity contribution is 7.16. The Kier molecular flexibility index (Phi) is 5.41. The zero-order valence-electron chi connectivity index (χ0n) is 17.3. The number of benzene rings is 1. The first-order valence-corrected chi connectivity index (χ1v) is 11.6. The van der Waals surface area contributed by atoms with Crippen molar-refractivity contribution in [1.29, 1.82) is 0 Å². The molecule has 0 spiro atoms. The third-order valence-corrected chi connectivity index (χ3v) is 7.11. The summed E-state index contributed by atoms with van der Waals surface area (Å²) in [6.07, 6.45) is 13.7. The normalized spacial score (nSPS) is 18.8. The summed E-state index contributed by atoms with van der Waals surface area (Å²) in [6, 6.07) is 15.7. The van der Waals surface area contributed by atoms with Gasteiger partial charge in [-0.2, -0.15) is 0 Å². The van der Waals surface area contributed by atoms with Crippen molar-refractivity contribution < 1.29 is 0 Å². The fourth-order valence-electron chi connectivity index (χ4n) is 4.51. The smallest absolute Gasteiger partial charge is 0.132 e. The van der Waals surface area contributed by atoms with Gasteiger partial charge in [0.2, 0.25) is 0 Å². The number of nitrogens with zero attached hydrogens (tertiary/aromatic N) is 2. The quantitative estimate of drug-likeness (QED) is 0.492. The molecule has 0 amide bonds. The molecule has 1 N–H and O–H groups in total. The number of rotatable bonds is 4. The van der Waals surface area contributed by atoms with Crippen LogP contribution in [0.15, 0.2) is 77.8 Å². The van der Waals surface area contributed by atoms with Crippen LogP contribution in [-0.4, -0.2) is 22.5 Å². The minimum absolute atomic E-state index is 0.675. The molecule has 1 aromatic carbocycles. The topological polar surface area (TPSA) is 28.2 Å². The van der Waals surface area contributed by atoms with Gasteiger partial charge in [0.1, 0.15) is 10.6 Å². The number of fused-ring (bicyclic) bond motifs is 1. The lowest BCUT2D eigenvalue weighted by Gasteiger charge is -2.35. The Labute approximate surface area is 182 Å². The molecule has 0 unspecified atom stereocenters. The van der Waals surface area contributed by atoms with Crippen LogP contribution >= 0.6 is 11.3 Å². The number of thiophene rings is 1. The summed E-state index contributed by atoms with van der Waals surface area (Å²) in [6.45, 7) is 3.34. The largest absolute Gasteiger partial charge is 0.371 e. The Morgan fingerprint density at radius 3 is 2.83 bits per heavy atom. The van der Waals surface area contributed by atoms with Gasteiger partial charge in [-0.1, -0.05) is 29.9 Å². The second-order valence-electron chi connectivity index (χ2n) is 8.14. The Morgan fingerprint density at radius 2 is 2.00 bits per heavy atom. The molecule has 2 aromatic heterocycles. The van der Waals surface area contributed by atoms with Crippen LogP contribution in [0.2, 0.25) is 0 Å². The average Bonchev–Trinajstić information content (AvgIpc) is 3.27. The van der Waals surface area contributed by atoms with Gasteiger partial charge in [-0.25, -0.2) is 4.98 Å². The lowest BCUT2D eigenvalue weighted by molar-refractivity contribution is 0.253. The van der Waals surface area contributed by atoms with Crippen molar-refractivity contribution in [1.82, 2.24) is 9.88 Å². The molecule has 1 saturated carbocycles. The van der Waals surface area contributed by atoms with E-state index in [4.69, 9.17) is 4.98 Å². The highest BCUT2D eigenvalue weighted by atomic mass is 32.1. The summed E-state index contributed by atoms with van der Waals surface area (Å²) < 4.78 is 0. The first kappa shape index (κ1) is 19.1. The number of aromatic nitrogens is 1. The Morgan fingerprint density at radius 1 is 1.10 bits per heavy atom. The van der Waals surface area contributed by atoms with Gasteiger partial charge in [0.25, 0.3) is 0 Å². The van der Waals surface area contributed by atoms with Gasteiger partial charge in [-0.15, -0.1) is 11.3 Å². The number of nitrogens with one attached hydrogen (secondary N) is 1. The van der Waals surface area contributed by atoms with E-state index >= 15 is 0 Å². The SMILES string of the molecule is CC(=C1CCC(N2C=CC=CC2)CC1)c1cccc(Nc2ccc3ccsc3n2)c1. The molecule has 0 saturated heterocycles. The lowest BCUT2D eigenvalue weighted by Crippen LogP contribution is -2.33. The number of hydrogen-bond donors (Lipinski definition) is 1. The van der Waals surface area contributed by atoms with Gasteiger partial charge in [0.15, 0.2) is 0 Å². The van der Waals surface area contributed by atoms with Crippen LogP contribution in [0.25, 0.3) is 15.8 Å². The van der Waals surface area contributed by atoms with E-state index in [9.17, 15) is 0 Å². The number of anilines is 2. The Hall–Kier alpha value is -2.85. The summed E-state index contributed by atoms with van der Waals surface area (Å²) in [4.78, 5) is 8.30. The molecule has 5 rings (SSSR count). The molecule has 3 aromatic rings. The fraction of sp³-hybridized carbons (Fsp3) is 0.269. The summed E-state index contributed by atoms with van der Waals surface area (Å²) in [7, 11) is 0. The lowest BCUT2D eigenvalue weighted by atomic mass is 9.85. The third-order valence-electron chi connectivity index (χ3n) is 6.28. The number of allylic oxidation sites excluding steroid dienone is 4. The molecule has 1 fully saturated rings. The summed E-state index contributed by atoms with van der Waals surface area (Å²) in [5, 5.41) is 6.77. The number of pyridine rings is 1. The molecule has 1 aliphatic carbocycles. The monoisotopic (exact) mass is 413 g/mol. The first-order chi connectivity index (χ1) is 14.8. The molecule has 0 atom stereocenters. The van der Waals surface area contributed by atoms with Crippen LogP contribution in [0.4, 0.5) is 11.5 Å². The second kappa shape index (κ2) is 8.49. The van der Waals surface area contributed by atoms with E-state index in [0.29, 0.717) is 6.04 Å². The maximum Gasteiger partial charge on any atom is 0.132 e. The standard InChI is InChI=1S/C26H27N3S/c1-19(20-8-11-24(12-9-20)29-15-3-2-4-16-29)22-6-5-7-23(18-22)27-25-13-10-21-14-17-30-26(21)28-25/h2-7,10,13-15,17-18,24H,8-9,11-12,16H2,1H3,(H,27,28). The predicted octanol–water partition coefficient (Wildman–Crippen LogP) is 7.14.